The summed E-state index contributed by atoms with van der Waals surface area (Å²) in [6.07, 6.45) is 1.64. The van der Waals surface area contributed by atoms with Crippen molar-refractivity contribution in [3.05, 3.63) is 29.8 Å². The summed E-state index contributed by atoms with van der Waals surface area (Å²) in [5.41, 5.74) is 0.633. The van der Waals surface area contributed by atoms with E-state index in [1.54, 1.807) is 24.3 Å². The minimum Gasteiger partial charge on any atom is -0.484 e. The van der Waals surface area contributed by atoms with E-state index in [-0.39, 0.29) is 30.8 Å². The van der Waals surface area contributed by atoms with Crippen molar-refractivity contribution in [2.24, 2.45) is 0 Å². The van der Waals surface area contributed by atoms with Crippen LogP contribution in [0.5, 0.6) is 5.75 Å². The van der Waals surface area contributed by atoms with Crippen LogP contribution in [-0.2, 0) is 16.1 Å². The highest BCUT2D eigenvalue weighted by atomic mass is 16.5. The van der Waals surface area contributed by atoms with Crippen LogP contribution in [-0.4, -0.2) is 35.9 Å². The van der Waals surface area contributed by atoms with E-state index < -0.39 is 0 Å². The summed E-state index contributed by atoms with van der Waals surface area (Å²) in [5, 5.41) is 11.9. The Labute approximate surface area is 125 Å². The van der Waals surface area contributed by atoms with Crippen LogP contribution in [0.2, 0.25) is 0 Å². The van der Waals surface area contributed by atoms with Gasteiger partial charge < -0.3 is 19.9 Å². The van der Waals surface area contributed by atoms with E-state index in [9.17, 15) is 4.79 Å². The van der Waals surface area contributed by atoms with Gasteiger partial charge in [0.15, 0.2) is 6.61 Å². The summed E-state index contributed by atoms with van der Waals surface area (Å²) in [4.78, 5) is 11.9. The Hall–Kier alpha value is -1.59. The second kappa shape index (κ2) is 6.91. The summed E-state index contributed by atoms with van der Waals surface area (Å²) >= 11 is 0. The molecule has 0 unspecified atom stereocenters. The van der Waals surface area contributed by atoms with Crippen molar-refractivity contribution >= 4 is 5.91 Å². The lowest BCUT2D eigenvalue weighted by Gasteiger charge is -2.35. The molecule has 0 aliphatic carbocycles. The Balaban J connectivity index is 1.76. The molecule has 0 bridgehead atoms. The molecule has 0 aromatic heterocycles. The van der Waals surface area contributed by atoms with E-state index in [1.165, 1.54) is 0 Å². The van der Waals surface area contributed by atoms with Crippen LogP contribution in [0.1, 0.15) is 32.3 Å². The number of amides is 1. The monoisotopic (exact) mass is 293 g/mol. The van der Waals surface area contributed by atoms with Gasteiger partial charge in [-0.25, -0.2) is 0 Å². The van der Waals surface area contributed by atoms with E-state index in [0.717, 1.165) is 18.4 Å². The predicted octanol–water partition coefficient (Wildman–Crippen LogP) is 1.63. The number of nitrogens with one attached hydrogen (secondary N) is 1. The minimum atomic E-state index is -0.183. The molecule has 1 aromatic rings. The third-order valence-corrected chi connectivity index (χ3v) is 3.54. The Morgan fingerprint density at radius 1 is 1.43 bits per heavy atom. The van der Waals surface area contributed by atoms with Gasteiger partial charge in [-0.1, -0.05) is 12.1 Å². The zero-order valence-corrected chi connectivity index (χ0v) is 12.6. The van der Waals surface area contributed by atoms with Gasteiger partial charge in [-0.3, -0.25) is 4.79 Å². The Bertz CT molecular complexity index is 470. The van der Waals surface area contributed by atoms with Gasteiger partial charge in [-0.15, -0.1) is 0 Å². The molecule has 1 fully saturated rings. The molecule has 0 radical (unpaired) electrons. The fourth-order valence-electron chi connectivity index (χ4n) is 2.46. The number of carbonyl (C=O) groups is 1. The first-order valence-electron chi connectivity index (χ1n) is 7.24. The highest BCUT2D eigenvalue weighted by molar-refractivity contribution is 5.77. The zero-order valence-electron chi connectivity index (χ0n) is 12.6. The number of ether oxygens (including phenoxy) is 2. The van der Waals surface area contributed by atoms with Gasteiger partial charge in [0.2, 0.25) is 0 Å². The molecule has 5 nitrogen and oxygen atoms in total. The topological polar surface area (TPSA) is 67.8 Å². The molecule has 1 heterocycles. The Morgan fingerprint density at radius 3 is 2.76 bits per heavy atom. The van der Waals surface area contributed by atoms with Crippen LogP contribution in [0.4, 0.5) is 0 Å². The van der Waals surface area contributed by atoms with Gasteiger partial charge in [-0.2, -0.15) is 0 Å². The SMILES string of the molecule is CC1(C)C[C@H](NC(=O)COc2ccc(CO)cc2)CCO1. The quantitative estimate of drug-likeness (QED) is 0.866. The smallest absolute Gasteiger partial charge is 0.258 e. The molecule has 1 saturated heterocycles. The molecule has 0 saturated carbocycles. The molecule has 116 valence electrons. The zero-order chi connectivity index (χ0) is 15.3. The first kappa shape index (κ1) is 15.8. The number of hydrogen-bond donors (Lipinski definition) is 2. The third kappa shape index (κ3) is 5.02. The molecular formula is C16H23NO4. The number of rotatable bonds is 5. The highest BCUT2D eigenvalue weighted by Crippen LogP contribution is 2.23. The first-order valence-corrected chi connectivity index (χ1v) is 7.24. The first-order chi connectivity index (χ1) is 9.98. The average Bonchev–Trinajstić information content (AvgIpc) is 2.44. The maximum absolute atomic E-state index is 11.9. The van der Waals surface area contributed by atoms with Crippen LogP contribution >= 0.6 is 0 Å². The molecule has 5 heteroatoms. The van der Waals surface area contributed by atoms with Crippen LogP contribution in [0.3, 0.4) is 0 Å². The second-order valence-electron chi connectivity index (χ2n) is 5.96. The number of carbonyl (C=O) groups excluding carboxylic acids is 1. The van der Waals surface area contributed by atoms with Crippen molar-refractivity contribution in [1.29, 1.82) is 0 Å². The van der Waals surface area contributed by atoms with Gasteiger partial charge >= 0.3 is 0 Å². The van der Waals surface area contributed by atoms with Gasteiger partial charge in [0, 0.05) is 12.6 Å². The lowest BCUT2D eigenvalue weighted by atomic mass is 9.94. The maximum Gasteiger partial charge on any atom is 0.258 e. The normalized spacial score (nSPS) is 20.8. The molecule has 2 rings (SSSR count). The summed E-state index contributed by atoms with van der Waals surface area (Å²) in [5.74, 6) is 0.499. The highest BCUT2D eigenvalue weighted by Gasteiger charge is 2.29. The molecule has 0 spiro atoms. The summed E-state index contributed by atoms with van der Waals surface area (Å²) in [6.45, 7) is 4.73. The fraction of sp³-hybridized carbons (Fsp3) is 0.562. The van der Waals surface area contributed by atoms with Crippen LogP contribution in [0.25, 0.3) is 0 Å². The van der Waals surface area contributed by atoms with E-state index >= 15 is 0 Å². The summed E-state index contributed by atoms with van der Waals surface area (Å²) in [6, 6.07) is 7.18. The number of aliphatic hydroxyl groups excluding tert-OH is 1. The van der Waals surface area contributed by atoms with Crippen molar-refractivity contribution in [3.8, 4) is 5.75 Å². The number of hydrogen-bond acceptors (Lipinski definition) is 4. The number of aliphatic hydroxyl groups is 1. The summed E-state index contributed by atoms with van der Waals surface area (Å²) < 4.78 is 11.1. The van der Waals surface area contributed by atoms with Crippen molar-refractivity contribution in [2.75, 3.05) is 13.2 Å². The van der Waals surface area contributed by atoms with Crippen molar-refractivity contribution in [2.45, 2.75) is 44.9 Å². The van der Waals surface area contributed by atoms with Crippen molar-refractivity contribution < 1.29 is 19.4 Å². The third-order valence-electron chi connectivity index (χ3n) is 3.54. The molecule has 1 aliphatic rings. The number of benzene rings is 1. The molecule has 1 amide bonds. The lowest BCUT2D eigenvalue weighted by Crippen LogP contribution is -2.47. The predicted molar refractivity (Wildman–Crippen MR) is 79.1 cm³/mol. The van der Waals surface area contributed by atoms with Crippen LogP contribution in [0.15, 0.2) is 24.3 Å². The molecule has 21 heavy (non-hydrogen) atoms. The Kier molecular flexibility index (Phi) is 5.20. The molecule has 1 aromatic carbocycles. The van der Waals surface area contributed by atoms with Crippen molar-refractivity contribution in [3.63, 3.8) is 0 Å². The van der Waals surface area contributed by atoms with Gasteiger partial charge in [-0.05, 0) is 44.4 Å². The van der Waals surface area contributed by atoms with E-state index in [4.69, 9.17) is 14.6 Å². The second-order valence-corrected chi connectivity index (χ2v) is 5.96. The van der Waals surface area contributed by atoms with Crippen molar-refractivity contribution in [1.82, 2.24) is 5.32 Å². The summed E-state index contributed by atoms with van der Waals surface area (Å²) in [7, 11) is 0. The fourth-order valence-corrected chi connectivity index (χ4v) is 2.46. The molecule has 2 N–H and O–H groups in total. The van der Waals surface area contributed by atoms with Gasteiger partial charge in [0.25, 0.3) is 5.91 Å². The average molecular weight is 293 g/mol. The maximum atomic E-state index is 11.9. The molecule has 1 atom stereocenters. The van der Waals surface area contributed by atoms with Crippen LogP contribution < -0.4 is 10.1 Å². The van der Waals surface area contributed by atoms with Crippen LogP contribution in [0, 0.1) is 0 Å². The van der Waals surface area contributed by atoms with E-state index in [0.29, 0.717) is 12.4 Å². The molecular weight excluding hydrogens is 270 g/mol. The molecule has 1 aliphatic heterocycles. The van der Waals surface area contributed by atoms with E-state index in [1.807, 2.05) is 13.8 Å². The Morgan fingerprint density at radius 2 is 2.14 bits per heavy atom. The van der Waals surface area contributed by atoms with Gasteiger partial charge in [0.1, 0.15) is 5.75 Å². The minimum absolute atomic E-state index is 0.000300. The van der Waals surface area contributed by atoms with Gasteiger partial charge in [0.05, 0.1) is 12.2 Å². The lowest BCUT2D eigenvalue weighted by molar-refractivity contribution is -0.126. The van der Waals surface area contributed by atoms with E-state index in [2.05, 4.69) is 5.32 Å². The standard InChI is InChI=1S/C16H23NO4/c1-16(2)9-13(7-8-21-16)17-15(19)11-20-14-5-3-12(10-18)4-6-14/h3-6,13,18H,7-11H2,1-2H3,(H,17,19)/t13-/m1/s1. The largest absolute Gasteiger partial charge is 0.484 e.